The van der Waals surface area contributed by atoms with Crippen molar-refractivity contribution in [2.75, 3.05) is 11.5 Å². The number of ether oxygens (including phenoxy) is 1. The number of anilines is 3. The molecule has 0 spiro atoms. The van der Waals surface area contributed by atoms with E-state index in [1.807, 2.05) is 6.07 Å². The average Bonchev–Trinajstić information content (AvgIpc) is 3.59. The Kier molecular flexibility index (Phi) is 7.45. The molecule has 0 radical (unpaired) electrons. The highest BCUT2D eigenvalue weighted by Gasteiger charge is 2.20. The van der Waals surface area contributed by atoms with Crippen molar-refractivity contribution < 1.29 is 4.74 Å². The Morgan fingerprint density at radius 3 is 2.12 bits per heavy atom. The summed E-state index contributed by atoms with van der Waals surface area (Å²) >= 11 is 1.44. The van der Waals surface area contributed by atoms with E-state index in [-0.39, 0.29) is 0 Å². The summed E-state index contributed by atoms with van der Waals surface area (Å²) < 4.78 is 11.0. The molecule has 5 heteroatoms. The summed E-state index contributed by atoms with van der Waals surface area (Å²) in [5, 5.41) is 3.32. The molecule has 0 fully saturated rings. The molecule has 0 saturated carbocycles. The monoisotopic (exact) mass is 649 g/mol. The normalized spacial score (nSPS) is 12.1. The number of fused-ring (bicyclic) bond motifs is 4. The van der Waals surface area contributed by atoms with E-state index in [2.05, 4.69) is 163 Å². The lowest BCUT2D eigenvalue weighted by atomic mass is 9.96. The molecule has 49 heavy (non-hydrogen) atoms. The molecule has 0 aliphatic carbocycles. The minimum absolute atomic E-state index is 0.665. The lowest BCUT2D eigenvalue weighted by molar-refractivity contribution is 0.326. The molecule has 8 aromatic rings. The van der Waals surface area contributed by atoms with Crippen LogP contribution in [0, 0.1) is 0 Å². The fourth-order valence-corrected chi connectivity index (χ4v) is 7.38. The Morgan fingerprint density at radius 1 is 0.510 bits per heavy atom. The van der Waals surface area contributed by atoms with Gasteiger partial charge in [-0.05, 0) is 93.1 Å². The summed E-state index contributed by atoms with van der Waals surface area (Å²) in [6.45, 7) is 0.665. The third kappa shape index (κ3) is 5.64. The van der Waals surface area contributed by atoms with Crippen molar-refractivity contribution in [2.45, 2.75) is 6.42 Å². The van der Waals surface area contributed by atoms with Gasteiger partial charge in [-0.25, -0.2) is 4.98 Å². The van der Waals surface area contributed by atoms with E-state index in [1.54, 1.807) is 0 Å². The van der Waals surface area contributed by atoms with Gasteiger partial charge in [-0.2, -0.15) is 4.37 Å². The second kappa shape index (κ2) is 12.5. The summed E-state index contributed by atoms with van der Waals surface area (Å²) in [5.41, 5.74) is 11.2. The highest BCUT2D eigenvalue weighted by atomic mass is 32.1. The number of benzene rings is 7. The van der Waals surface area contributed by atoms with Crippen molar-refractivity contribution in [3.8, 4) is 50.0 Å². The average molecular weight is 650 g/mol. The molecule has 7 aromatic carbocycles. The fraction of sp³-hybridized carbons (Fsp3) is 0.0455. The first-order valence-corrected chi connectivity index (χ1v) is 17.3. The minimum atomic E-state index is 0.665. The van der Waals surface area contributed by atoms with E-state index >= 15 is 0 Å². The molecule has 0 bridgehead atoms. The smallest absolute Gasteiger partial charge is 0.173 e. The predicted octanol–water partition coefficient (Wildman–Crippen LogP) is 11.8. The molecular weight excluding hydrogens is 619 g/mol. The quantitative estimate of drug-likeness (QED) is 0.180. The third-order valence-corrected chi connectivity index (χ3v) is 9.94. The number of hydrogen-bond acceptors (Lipinski definition) is 5. The van der Waals surface area contributed by atoms with E-state index in [1.165, 1.54) is 44.6 Å². The van der Waals surface area contributed by atoms with Crippen LogP contribution >= 0.6 is 11.5 Å². The van der Waals surface area contributed by atoms with Gasteiger partial charge in [0, 0.05) is 40.2 Å². The Bertz CT molecular complexity index is 2430. The zero-order chi connectivity index (χ0) is 32.6. The van der Waals surface area contributed by atoms with Crippen LogP contribution in [0.2, 0.25) is 0 Å². The van der Waals surface area contributed by atoms with Gasteiger partial charge in [0.05, 0.1) is 6.61 Å². The van der Waals surface area contributed by atoms with Gasteiger partial charge in [0.25, 0.3) is 0 Å². The molecule has 4 nitrogen and oxygen atoms in total. The van der Waals surface area contributed by atoms with Crippen molar-refractivity contribution in [3.63, 3.8) is 0 Å². The summed E-state index contributed by atoms with van der Waals surface area (Å²) in [4.78, 5) is 7.34. The van der Waals surface area contributed by atoms with Crippen LogP contribution in [0.15, 0.2) is 164 Å². The molecule has 0 unspecified atom stereocenters. The molecule has 2 heterocycles. The van der Waals surface area contributed by atoms with E-state index in [9.17, 15) is 0 Å². The lowest BCUT2D eigenvalue weighted by Crippen LogP contribution is -2.10. The maximum Gasteiger partial charge on any atom is 0.173 e. The summed E-state index contributed by atoms with van der Waals surface area (Å²) in [5.74, 6) is 1.65. The zero-order valence-corrected chi connectivity index (χ0v) is 27.5. The van der Waals surface area contributed by atoms with Gasteiger partial charge < -0.3 is 9.64 Å². The van der Waals surface area contributed by atoms with Gasteiger partial charge in [-0.1, -0.05) is 115 Å². The molecule has 1 aliphatic rings. The SMILES string of the molecule is c1ccc(-c2ccc(N(c3cccc(-c4nsc(-c5ccc6ccccc6c5)n4)c3)c3ccc4c(c3)-c3ccccc3OCC4)cc2)cc1. The largest absolute Gasteiger partial charge is 0.493 e. The summed E-state index contributed by atoms with van der Waals surface area (Å²) in [6, 6.07) is 57.9. The summed E-state index contributed by atoms with van der Waals surface area (Å²) in [7, 11) is 0. The Morgan fingerprint density at radius 2 is 1.22 bits per heavy atom. The van der Waals surface area contributed by atoms with E-state index in [0.717, 1.165) is 56.8 Å². The predicted molar refractivity (Wildman–Crippen MR) is 203 cm³/mol. The van der Waals surface area contributed by atoms with Crippen molar-refractivity contribution in [3.05, 3.63) is 169 Å². The first kappa shape index (κ1) is 29.1. The Balaban J connectivity index is 1.14. The molecule has 1 aromatic heterocycles. The van der Waals surface area contributed by atoms with Gasteiger partial charge >= 0.3 is 0 Å². The molecule has 0 N–H and O–H groups in total. The van der Waals surface area contributed by atoms with Crippen LogP contribution in [-0.2, 0) is 6.42 Å². The topological polar surface area (TPSA) is 38.2 Å². The maximum absolute atomic E-state index is 6.15. The highest BCUT2D eigenvalue weighted by Crippen LogP contribution is 2.42. The van der Waals surface area contributed by atoms with Crippen molar-refractivity contribution in [1.29, 1.82) is 0 Å². The fourth-order valence-electron chi connectivity index (χ4n) is 6.70. The minimum Gasteiger partial charge on any atom is -0.493 e. The molecule has 9 rings (SSSR count). The van der Waals surface area contributed by atoms with E-state index in [4.69, 9.17) is 14.1 Å². The number of hydrogen-bond donors (Lipinski definition) is 0. The zero-order valence-electron chi connectivity index (χ0n) is 26.7. The third-order valence-electron chi connectivity index (χ3n) is 9.18. The van der Waals surface area contributed by atoms with E-state index < -0.39 is 0 Å². The van der Waals surface area contributed by atoms with Gasteiger partial charge in [0.15, 0.2) is 5.82 Å². The number of rotatable bonds is 6. The first-order valence-electron chi connectivity index (χ1n) is 16.5. The van der Waals surface area contributed by atoms with Crippen LogP contribution in [0.3, 0.4) is 0 Å². The van der Waals surface area contributed by atoms with Crippen molar-refractivity contribution in [2.24, 2.45) is 0 Å². The maximum atomic E-state index is 6.15. The van der Waals surface area contributed by atoms with Crippen LogP contribution in [0.1, 0.15) is 5.56 Å². The van der Waals surface area contributed by atoms with Crippen LogP contribution in [0.25, 0.3) is 55.0 Å². The second-order valence-electron chi connectivity index (χ2n) is 12.2. The molecule has 0 amide bonds. The Hall–Kier alpha value is -6.04. The van der Waals surface area contributed by atoms with Gasteiger partial charge in [-0.3, -0.25) is 0 Å². The lowest BCUT2D eigenvalue weighted by Gasteiger charge is -2.27. The van der Waals surface area contributed by atoms with Gasteiger partial charge in [0.1, 0.15) is 10.8 Å². The van der Waals surface area contributed by atoms with Crippen LogP contribution < -0.4 is 9.64 Å². The van der Waals surface area contributed by atoms with Crippen molar-refractivity contribution >= 4 is 39.4 Å². The molecular formula is C44H31N3OS. The van der Waals surface area contributed by atoms with Crippen LogP contribution in [0.4, 0.5) is 17.1 Å². The number of para-hydroxylation sites is 1. The van der Waals surface area contributed by atoms with Crippen LogP contribution in [0.5, 0.6) is 5.75 Å². The highest BCUT2D eigenvalue weighted by molar-refractivity contribution is 7.09. The molecule has 0 atom stereocenters. The van der Waals surface area contributed by atoms with Gasteiger partial charge in [0.2, 0.25) is 0 Å². The Labute approximate surface area is 289 Å². The molecule has 0 saturated heterocycles. The van der Waals surface area contributed by atoms with Crippen molar-refractivity contribution in [1.82, 2.24) is 9.36 Å². The van der Waals surface area contributed by atoms with E-state index in [0.29, 0.717) is 6.61 Å². The second-order valence-corrected chi connectivity index (χ2v) is 13.0. The molecule has 1 aliphatic heterocycles. The van der Waals surface area contributed by atoms with Crippen LogP contribution in [-0.4, -0.2) is 16.0 Å². The summed E-state index contributed by atoms with van der Waals surface area (Å²) in [6.07, 6.45) is 0.862. The van der Waals surface area contributed by atoms with Gasteiger partial charge in [-0.15, -0.1) is 0 Å². The number of nitrogens with zero attached hydrogens (tertiary/aromatic N) is 3. The molecule has 234 valence electrons. The number of aromatic nitrogens is 2. The standard InChI is InChI=1S/C44H31N3OS/c1-2-9-30(10-3-1)32-19-22-37(23-20-32)47(39-24-21-33-25-26-48-42-16-7-6-15-40(42)41(33)29-39)38-14-8-13-35(28-38)43-45-44(49-46-43)36-18-17-31-11-4-5-12-34(31)27-36/h1-24,27-29H,25-26H2. The first-order chi connectivity index (χ1) is 24.3.